The van der Waals surface area contributed by atoms with Gasteiger partial charge >= 0.3 is 0 Å². The van der Waals surface area contributed by atoms with E-state index in [0.29, 0.717) is 5.56 Å². The van der Waals surface area contributed by atoms with Crippen molar-refractivity contribution in [3.63, 3.8) is 0 Å². The van der Waals surface area contributed by atoms with Gasteiger partial charge in [0, 0.05) is 5.56 Å². The average molecular weight is 363 g/mol. The Morgan fingerprint density at radius 2 is 2.04 bits per heavy atom. The van der Waals surface area contributed by atoms with Gasteiger partial charge in [-0.2, -0.15) is 4.98 Å². The van der Waals surface area contributed by atoms with E-state index in [9.17, 15) is 14.0 Å². The Morgan fingerprint density at radius 3 is 2.69 bits per heavy atom. The van der Waals surface area contributed by atoms with Crippen molar-refractivity contribution in [2.45, 2.75) is 32.9 Å². The molecule has 0 fully saturated rings. The van der Waals surface area contributed by atoms with E-state index in [4.69, 9.17) is 10.3 Å². The Labute approximate surface area is 150 Å². The summed E-state index contributed by atoms with van der Waals surface area (Å²) in [5.41, 5.74) is 6.17. The zero-order chi connectivity index (χ0) is 19.3. The van der Waals surface area contributed by atoms with Crippen LogP contribution in [0.5, 0.6) is 0 Å². The third kappa shape index (κ3) is 5.09. The fourth-order valence-electron chi connectivity index (χ4n) is 2.10. The largest absolute Gasteiger partial charge is 0.346 e. The van der Waals surface area contributed by atoms with Crippen LogP contribution in [0.4, 0.5) is 4.39 Å². The summed E-state index contributed by atoms with van der Waals surface area (Å²) in [5.74, 6) is -0.872. The van der Waals surface area contributed by atoms with Crippen LogP contribution in [0.2, 0.25) is 0 Å². The number of carbonyl (C=O) groups excluding carboxylic acids is 2. The number of carbonyl (C=O) groups is 2. The van der Waals surface area contributed by atoms with Gasteiger partial charge in [0.1, 0.15) is 11.9 Å². The van der Waals surface area contributed by atoms with Gasteiger partial charge in [-0.1, -0.05) is 31.1 Å². The Hall–Kier alpha value is -2.81. The van der Waals surface area contributed by atoms with Crippen molar-refractivity contribution in [2.75, 3.05) is 6.54 Å². The SMILES string of the molecule is CC(NC(=O)CNC(=O)[C@@H](N)C(C)C)c1nc(-c2cccc(F)c2)no1. The smallest absolute Gasteiger partial charge is 0.249 e. The molecule has 1 aromatic heterocycles. The molecule has 0 saturated heterocycles. The zero-order valence-electron chi connectivity index (χ0n) is 14.8. The van der Waals surface area contributed by atoms with Crippen molar-refractivity contribution in [3.8, 4) is 11.4 Å². The van der Waals surface area contributed by atoms with Crippen molar-refractivity contribution in [2.24, 2.45) is 11.7 Å². The van der Waals surface area contributed by atoms with Gasteiger partial charge in [0.15, 0.2) is 0 Å². The second-order valence-electron chi connectivity index (χ2n) is 6.24. The first-order valence-corrected chi connectivity index (χ1v) is 8.20. The lowest BCUT2D eigenvalue weighted by atomic mass is 10.1. The van der Waals surface area contributed by atoms with Crippen molar-refractivity contribution < 1.29 is 18.5 Å². The minimum absolute atomic E-state index is 0.0309. The number of rotatable bonds is 7. The molecule has 8 nitrogen and oxygen atoms in total. The highest BCUT2D eigenvalue weighted by Crippen LogP contribution is 2.19. The quantitative estimate of drug-likeness (QED) is 0.678. The van der Waals surface area contributed by atoms with Crippen LogP contribution in [0.25, 0.3) is 11.4 Å². The molecule has 2 amide bonds. The van der Waals surface area contributed by atoms with Gasteiger partial charge in [0.05, 0.1) is 12.6 Å². The molecule has 2 aromatic rings. The van der Waals surface area contributed by atoms with Crippen LogP contribution in [0, 0.1) is 11.7 Å². The zero-order valence-corrected chi connectivity index (χ0v) is 14.8. The molecule has 0 saturated carbocycles. The minimum Gasteiger partial charge on any atom is -0.346 e. The predicted octanol–water partition coefficient (Wildman–Crippen LogP) is 1.15. The summed E-state index contributed by atoms with van der Waals surface area (Å²) in [6.45, 7) is 5.08. The maximum absolute atomic E-state index is 13.3. The standard InChI is InChI=1S/C17H22FN5O3/c1-9(2)14(19)16(25)20-8-13(24)21-10(3)17-22-15(23-26-17)11-5-4-6-12(18)7-11/h4-7,9-10,14H,8,19H2,1-3H3,(H,20,25)(H,21,24)/t10?,14-/m0/s1. The van der Waals surface area contributed by atoms with Crippen LogP contribution < -0.4 is 16.4 Å². The van der Waals surface area contributed by atoms with Crippen LogP contribution >= 0.6 is 0 Å². The van der Waals surface area contributed by atoms with Crippen LogP contribution in [-0.4, -0.2) is 34.5 Å². The van der Waals surface area contributed by atoms with Gasteiger partial charge in [-0.25, -0.2) is 4.39 Å². The number of amides is 2. The molecule has 0 aliphatic rings. The molecule has 4 N–H and O–H groups in total. The molecular weight excluding hydrogens is 341 g/mol. The molecule has 1 unspecified atom stereocenters. The summed E-state index contributed by atoms with van der Waals surface area (Å²) in [5, 5.41) is 8.89. The molecule has 0 aliphatic heterocycles. The molecule has 1 heterocycles. The summed E-state index contributed by atoms with van der Waals surface area (Å²) >= 11 is 0. The number of aromatic nitrogens is 2. The van der Waals surface area contributed by atoms with Gasteiger partial charge in [0.2, 0.25) is 23.5 Å². The molecular formula is C17H22FN5O3. The number of nitrogens with two attached hydrogens (primary N) is 1. The van der Waals surface area contributed by atoms with Crippen LogP contribution in [-0.2, 0) is 9.59 Å². The maximum atomic E-state index is 13.3. The summed E-state index contributed by atoms with van der Waals surface area (Å²) in [7, 11) is 0. The van der Waals surface area contributed by atoms with E-state index in [0.717, 1.165) is 0 Å². The van der Waals surface area contributed by atoms with E-state index in [2.05, 4.69) is 20.8 Å². The highest BCUT2D eigenvalue weighted by atomic mass is 19.1. The molecule has 2 atom stereocenters. The average Bonchev–Trinajstić information content (AvgIpc) is 3.09. The number of halogens is 1. The van der Waals surface area contributed by atoms with E-state index >= 15 is 0 Å². The Morgan fingerprint density at radius 1 is 1.31 bits per heavy atom. The van der Waals surface area contributed by atoms with Crippen molar-refractivity contribution in [3.05, 3.63) is 36.0 Å². The summed E-state index contributed by atoms with van der Waals surface area (Å²) in [4.78, 5) is 27.8. The van der Waals surface area contributed by atoms with Gasteiger partial charge < -0.3 is 20.9 Å². The third-order valence-electron chi connectivity index (χ3n) is 3.72. The highest BCUT2D eigenvalue weighted by molar-refractivity contribution is 5.87. The van der Waals surface area contributed by atoms with E-state index in [1.165, 1.54) is 18.2 Å². The summed E-state index contributed by atoms with van der Waals surface area (Å²) in [6.07, 6.45) is 0. The minimum atomic E-state index is -0.676. The summed E-state index contributed by atoms with van der Waals surface area (Å²) in [6, 6.07) is 4.53. The number of hydrogen-bond acceptors (Lipinski definition) is 6. The van der Waals surface area contributed by atoms with E-state index < -0.39 is 29.7 Å². The lowest BCUT2D eigenvalue weighted by Crippen LogP contribution is -2.47. The summed E-state index contributed by atoms with van der Waals surface area (Å²) < 4.78 is 18.4. The second-order valence-corrected chi connectivity index (χ2v) is 6.24. The molecule has 2 rings (SSSR count). The maximum Gasteiger partial charge on any atom is 0.249 e. The van der Waals surface area contributed by atoms with Crippen molar-refractivity contribution in [1.29, 1.82) is 0 Å². The van der Waals surface area contributed by atoms with Crippen LogP contribution in [0.1, 0.15) is 32.7 Å². The van der Waals surface area contributed by atoms with Gasteiger partial charge in [0.25, 0.3) is 0 Å². The Kier molecular flexibility index (Phi) is 6.40. The molecule has 0 aliphatic carbocycles. The Bertz CT molecular complexity index is 777. The first-order valence-electron chi connectivity index (χ1n) is 8.20. The Balaban J connectivity index is 1.91. The van der Waals surface area contributed by atoms with Crippen LogP contribution in [0.3, 0.4) is 0 Å². The number of hydrogen-bond donors (Lipinski definition) is 3. The molecule has 140 valence electrons. The van der Waals surface area contributed by atoms with Crippen LogP contribution in [0.15, 0.2) is 28.8 Å². The molecule has 0 bridgehead atoms. The van der Waals surface area contributed by atoms with Crippen molar-refractivity contribution in [1.82, 2.24) is 20.8 Å². The van der Waals surface area contributed by atoms with Gasteiger partial charge in [-0.15, -0.1) is 0 Å². The number of benzene rings is 1. The van der Waals surface area contributed by atoms with Gasteiger partial charge in [-0.05, 0) is 25.0 Å². The molecule has 0 spiro atoms. The van der Waals surface area contributed by atoms with E-state index in [1.807, 2.05) is 13.8 Å². The monoisotopic (exact) mass is 363 g/mol. The molecule has 9 heteroatoms. The number of nitrogens with zero attached hydrogens (tertiary/aromatic N) is 2. The van der Waals surface area contributed by atoms with E-state index in [1.54, 1.807) is 13.0 Å². The second kappa shape index (κ2) is 8.52. The third-order valence-corrected chi connectivity index (χ3v) is 3.72. The molecule has 1 aromatic carbocycles. The fourth-order valence-corrected chi connectivity index (χ4v) is 2.10. The lowest BCUT2D eigenvalue weighted by molar-refractivity contribution is -0.127. The first-order chi connectivity index (χ1) is 12.3. The topological polar surface area (TPSA) is 123 Å². The molecule has 26 heavy (non-hydrogen) atoms. The van der Waals surface area contributed by atoms with E-state index in [-0.39, 0.29) is 24.2 Å². The predicted molar refractivity (Wildman–Crippen MR) is 92.1 cm³/mol. The van der Waals surface area contributed by atoms with Crippen molar-refractivity contribution >= 4 is 11.8 Å². The molecule has 0 radical (unpaired) electrons. The first kappa shape index (κ1) is 19.5. The fraction of sp³-hybridized carbons (Fsp3) is 0.412. The van der Waals surface area contributed by atoms with Gasteiger partial charge in [-0.3, -0.25) is 9.59 Å². The lowest BCUT2D eigenvalue weighted by Gasteiger charge is -2.15. The highest BCUT2D eigenvalue weighted by Gasteiger charge is 2.20. The number of nitrogens with one attached hydrogen (secondary N) is 2. The normalized spacial score (nSPS) is 13.3.